The van der Waals surface area contributed by atoms with Gasteiger partial charge in [0.1, 0.15) is 14.1 Å². The van der Waals surface area contributed by atoms with Gasteiger partial charge in [-0.3, -0.25) is 0 Å². The minimum Gasteiger partial charge on any atom is -0.383 e. The zero-order chi connectivity index (χ0) is 14.1. The fourth-order valence-corrected chi connectivity index (χ4v) is 1.52. The maximum atomic E-state index is 2.12. The van der Waals surface area contributed by atoms with E-state index in [1.807, 2.05) is 56.1 Å². The van der Waals surface area contributed by atoms with Crippen LogP contribution in [0.5, 0.6) is 0 Å². The molecule has 1 rings (SSSR count). The summed E-state index contributed by atoms with van der Waals surface area (Å²) in [5.41, 5.74) is 2.41. The molecule has 2 heteroatoms. The van der Waals surface area contributed by atoms with Gasteiger partial charge in [0, 0.05) is 20.2 Å². The van der Waals surface area contributed by atoms with Crippen molar-refractivity contribution in [3.63, 3.8) is 0 Å². The molecule has 0 spiro atoms. The lowest BCUT2D eigenvalue weighted by Gasteiger charge is -2.03. The maximum Gasteiger partial charge on any atom is 0.162 e. The maximum absolute atomic E-state index is 2.12. The molecule has 0 saturated carbocycles. The van der Waals surface area contributed by atoms with Gasteiger partial charge in [-0.1, -0.05) is 36.4 Å². The second-order valence-corrected chi connectivity index (χ2v) is 4.76. The Kier molecular flexibility index (Phi) is 6.37. The summed E-state index contributed by atoms with van der Waals surface area (Å²) in [6.45, 7) is 0. The molecule has 0 amide bonds. The van der Waals surface area contributed by atoms with Gasteiger partial charge < -0.3 is 4.90 Å². The van der Waals surface area contributed by atoms with Crippen molar-refractivity contribution in [2.24, 2.45) is 0 Å². The van der Waals surface area contributed by atoms with Crippen molar-refractivity contribution >= 4 is 11.8 Å². The van der Waals surface area contributed by atoms with E-state index in [-0.39, 0.29) is 0 Å². The highest BCUT2D eigenvalue weighted by molar-refractivity contribution is 5.80. The molecule has 0 aliphatic rings. The highest BCUT2D eigenvalue weighted by atomic mass is 15.0. The summed E-state index contributed by atoms with van der Waals surface area (Å²) < 4.78 is 2.02. The van der Waals surface area contributed by atoms with Gasteiger partial charge in [-0.25, -0.2) is 4.58 Å². The summed E-state index contributed by atoms with van der Waals surface area (Å²) in [6, 6.07) is 10.4. The van der Waals surface area contributed by atoms with Crippen molar-refractivity contribution in [1.29, 1.82) is 0 Å². The molecule has 1 aromatic rings. The number of rotatable bonds is 5. The smallest absolute Gasteiger partial charge is 0.162 e. The Morgan fingerprint density at radius 2 is 1.74 bits per heavy atom. The summed E-state index contributed by atoms with van der Waals surface area (Å²) >= 11 is 0. The predicted molar refractivity (Wildman–Crippen MR) is 84.6 cm³/mol. The fourth-order valence-electron chi connectivity index (χ4n) is 1.52. The molecule has 0 aliphatic carbocycles. The average Bonchev–Trinajstić information content (AvgIpc) is 2.37. The van der Waals surface area contributed by atoms with E-state index in [1.165, 1.54) is 11.1 Å². The molecule has 0 saturated heterocycles. The van der Waals surface area contributed by atoms with Gasteiger partial charge in [0.15, 0.2) is 6.21 Å². The van der Waals surface area contributed by atoms with Crippen LogP contribution >= 0.6 is 0 Å². The lowest BCUT2D eigenvalue weighted by molar-refractivity contribution is -0.458. The molecule has 0 aromatic heterocycles. The van der Waals surface area contributed by atoms with Gasteiger partial charge in [-0.15, -0.1) is 0 Å². The van der Waals surface area contributed by atoms with Crippen molar-refractivity contribution in [3.8, 4) is 0 Å². The lowest BCUT2D eigenvalue weighted by atomic mass is 10.1. The number of benzene rings is 1. The first-order valence-corrected chi connectivity index (χ1v) is 6.38. The van der Waals surface area contributed by atoms with Gasteiger partial charge in [-0.05, 0) is 29.5 Å². The molecule has 1 aromatic carbocycles. The average molecular weight is 255 g/mol. The highest BCUT2D eigenvalue weighted by Crippen LogP contribution is 2.15. The number of hydrogen-bond acceptors (Lipinski definition) is 1. The van der Waals surface area contributed by atoms with E-state index in [0.717, 1.165) is 0 Å². The Bertz CT molecular complexity index is 487. The van der Waals surface area contributed by atoms with Crippen LogP contribution in [-0.2, 0) is 0 Å². The summed E-state index contributed by atoms with van der Waals surface area (Å²) in [5, 5.41) is 0. The normalized spacial score (nSPS) is 12.1. The SMILES string of the molecule is CN(C)/C=C/C=C(/C=C/C=[N+](C)C)c1ccccc1. The molecular formula is C17H23N2+. The van der Waals surface area contributed by atoms with Crippen LogP contribution in [0.2, 0.25) is 0 Å². The predicted octanol–water partition coefficient (Wildman–Crippen LogP) is 3.04. The van der Waals surface area contributed by atoms with E-state index in [4.69, 9.17) is 0 Å². The quantitative estimate of drug-likeness (QED) is 0.445. The molecule has 2 nitrogen and oxygen atoms in total. The second kappa shape index (κ2) is 8.09. The van der Waals surface area contributed by atoms with Crippen molar-refractivity contribution in [2.45, 2.75) is 0 Å². The van der Waals surface area contributed by atoms with Crippen LogP contribution in [0.3, 0.4) is 0 Å². The van der Waals surface area contributed by atoms with Gasteiger partial charge in [0.2, 0.25) is 0 Å². The Morgan fingerprint density at radius 3 is 2.32 bits per heavy atom. The Hall–Kier alpha value is -2.09. The van der Waals surface area contributed by atoms with E-state index < -0.39 is 0 Å². The van der Waals surface area contributed by atoms with E-state index >= 15 is 0 Å². The zero-order valence-electron chi connectivity index (χ0n) is 12.2. The molecule has 0 N–H and O–H groups in total. The molecular weight excluding hydrogens is 232 g/mol. The summed E-state index contributed by atoms with van der Waals surface area (Å²) in [7, 11) is 8.06. The summed E-state index contributed by atoms with van der Waals surface area (Å²) in [5.74, 6) is 0. The first-order valence-electron chi connectivity index (χ1n) is 6.38. The zero-order valence-corrected chi connectivity index (χ0v) is 12.2. The Morgan fingerprint density at radius 1 is 1.05 bits per heavy atom. The van der Waals surface area contributed by atoms with Crippen LogP contribution in [0.15, 0.2) is 60.8 Å². The van der Waals surface area contributed by atoms with Crippen molar-refractivity contribution < 1.29 is 4.58 Å². The van der Waals surface area contributed by atoms with Gasteiger partial charge in [0.05, 0.1) is 0 Å². The third-order valence-electron chi connectivity index (χ3n) is 2.43. The molecule has 0 fully saturated rings. The number of hydrogen-bond donors (Lipinski definition) is 0. The van der Waals surface area contributed by atoms with Gasteiger partial charge >= 0.3 is 0 Å². The van der Waals surface area contributed by atoms with E-state index in [2.05, 4.69) is 48.6 Å². The third kappa shape index (κ3) is 6.41. The second-order valence-electron chi connectivity index (χ2n) is 4.76. The first-order chi connectivity index (χ1) is 9.09. The summed E-state index contributed by atoms with van der Waals surface area (Å²) in [4.78, 5) is 2.02. The van der Waals surface area contributed by atoms with Crippen LogP contribution in [0.25, 0.3) is 5.57 Å². The summed E-state index contributed by atoms with van der Waals surface area (Å²) in [6.07, 6.45) is 12.4. The largest absolute Gasteiger partial charge is 0.383 e. The van der Waals surface area contributed by atoms with Crippen molar-refractivity contribution in [1.82, 2.24) is 4.90 Å². The van der Waals surface area contributed by atoms with Gasteiger partial charge in [0.25, 0.3) is 0 Å². The van der Waals surface area contributed by atoms with Crippen LogP contribution < -0.4 is 0 Å². The fraction of sp³-hybridized carbons (Fsp3) is 0.235. The van der Waals surface area contributed by atoms with Crippen LogP contribution in [0.4, 0.5) is 0 Å². The first kappa shape index (κ1) is 15.0. The lowest BCUT2D eigenvalue weighted by Crippen LogP contribution is -1.99. The Balaban J connectivity index is 2.98. The number of nitrogens with zero attached hydrogens (tertiary/aromatic N) is 2. The van der Waals surface area contributed by atoms with E-state index in [9.17, 15) is 0 Å². The van der Waals surface area contributed by atoms with Crippen LogP contribution in [0.1, 0.15) is 5.56 Å². The molecule has 0 atom stereocenters. The van der Waals surface area contributed by atoms with Crippen molar-refractivity contribution in [3.05, 3.63) is 66.4 Å². The molecule has 0 aliphatic heterocycles. The van der Waals surface area contributed by atoms with Crippen LogP contribution in [0, 0.1) is 0 Å². The van der Waals surface area contributed by atoms with E-state index in [1.54, 1.807) is 0 Å². The van der Waals surface area contributed by atoms with Crippen molar-refractivity contribution in [2.75, 3.05) is 28.2 Å². The monoisotopic (exact) mass is 255 g/mol. The molecule has 100 valence electrons. The molecule has 19 heavy (non-hydrogen) atoms. The Labute approximate surface area is 116 Å². The van der Waals surface area contributed by atoms with Crippen LogP contribution in [-0.4, -0.2) is 43.9 Å². The highest BCUT2D eigenvalue weighted by Gasteiger charge is 1.95. The third-order valence-corrected chi connectivity index (χ3v) is 2.43. The minimum atomic E-state index is 1.19. The minimum absolute atomic E-state index is 1.19. The molecule has 0 unspecified atom stereocenters. The topological polar surface area (TPSA) is 6.25 Å². The molecule has 0 bridgehead atoms. The standard InChI is InChI=1S/C17H23N2/c1-18(2)14-8-12-17(13-9-15-19(3)4)16-10-6-5-7-11-16/h5-15H,1-4H3/q+1. The molecule has 0 radical (unpaired) electrons. The number of allylic oxidation sites excluding steroid dienone is 5. The van der Waals surface area contributed by atoms with Gasteiger partial charge in [-0.2, -0.15) is 0 Å². The molecule has 0 heterocycles. The van der Waals surface area contributed by atoms with E-state index in [0.29, 0.717) is 0 Å².